The Bertz CT molecular complexity index is 859. The van der Waals surface area contributed by atoms with Gasteiger partial charge in [-0.2, -0.15) is 0 Å². The first-order chi connectivity index (χ1) is 13.7. The average molecular weight is 443 g/mol. The van der Waals surface area contributed by atoms with Crippen LogP contribution in [0.15, 0.2) is 53.4 Å². The molecule has 9 heteroatoms. The molecule has 0 aliphatic rings. The van der Waals surface area contributed by atoms with Crippen LogP contribution in [0.5, 0.6) is 5.75 Å². The molecule has 2 aromatic rings. The zero-order valence-electron chi connectivity index (χ0n) is 17.1. The van der Waals surface area contributed by atoms with E-state index in [1.54, 1.807) is 45.6 Å². The van der Waals surface area contributed by atoms with Gasteiger partial charge in [0.2, 0.25) is 0 Å². The van der Waals surface area contributed by atoms with E-state index in [-0.39, 0.29) is 16.6 Å². The van der Waals surface area contributed by atoms with Crippen molar-refractivity contribution in [2.75, 3.05) is 27.9 Å². The van der Waals surface area contributed by atoms with Crippen molar-refractivity contribution < 1.29 is 30.8 Å². The number of benzene rings is 2. The molecule has 1 atom stereocenters. The second kappa shape index (κ2) is 10.3. The summed E-state index contributed by atoms with van der Waals surface area (Å²) >= 11 is 0. The number of hydrogen-bond donors (Lipinski definition) is 0. The summed E-state index contributed by atoms with van der Waals surface area (Å²) in [6.07, 6.45) is 0. The van der Waals surface area contributed by atoms with E-state index in [0.29, 0.717) is 24.0 Å². The Morgan fingerprint density at radius 1 is 0.931 bits per heavy atom. The number of ether oxygens (including phenoxy) is 1. The van der Waals surface area contributed by atoms with E-state index >= 15 is 0 Å². The maximum Gasteiger partial charge on any atom is 0.500 e. The van der Waals surface area contributed by atoms with E-state index < -0.39 is 24.5 Å². The summed E-state index contributed by atoms with van der Waals surface area (Å²) in [5.74, 6) is 0.138. The molecule has 6 nitrogen and oxygen atoms in total. The molecule has 0 spiro atoms. The van der Waals surface area contributed by atoms with Gasteiger partial charge in [0.05, 0.1) is 17.3 Å². The van der Waals surface area contributed by atoms with Crippen LogP contribution in [0.1, 0.15) is 12.5 Å². The van der Waals surface area contributed by atoms with Crippen molar-refractivity contribution in [3.63, 3.8) is 0 Å². The van der Waals surface area contributed by atoms with Crippen LogP contribution in [0, 0.1) is 11.7 Å². The fourth-order valence-electron chi connectivity index (χ4n) is 2.85. The molecule has 0 N–H and O–H groups in total. The molecule has 0 aromatic heterocycles. The lowest BCUT2D eigenvalue weighted by molar-refractivity contribution is 0.114. The number of sulfone groups is 1. The summed E-state index contributed by atoms with van der Waals surface area (Å²) in [7, 11) is -1.48. The van der Waals surface area contributed by atoms with Crippen LogP contribution in [-0.4, -0.2) is 45.2 Å². The van der Waals surface area contributed by atoms with Gasteiger partial charge in [0.15, 0.2) is 9.84 Å². The average Bonchev–Trinajstić information content (AvgIpc) is 2.72. The Hall–Kier alpha value is -1.78. The van der Waals surface area contributed by atoms with Crippen molar-refractivity contribution in [1.82, 2.24) is 0 Å². The summed E-state index contributed by atoms with van der Waals surface area (Å²) in [4.78, 5) is 0.0927. The van der Waals surface area contributed by atoms with Crippen LogP contribution < -0.4 is 4.74 Å². The molecule has 0 amide bonds. The first kappa shape index (κ1) is 23.5. The van der Waals surface area contributed by atoms with Crippen LogP contribution in [-0.2, 0) is 28.9 Å². The quantitative estimate of drug-likeness (QED) is 0.390. The van der Waals surface area contributed by atoms with Crippen molar-refractivity contribution in [1.29, 1.82) is 0 Å². The molecule has 0 saturated carbocycles. The van der Waals surface area contributed by atoms with E-state index in [0.717, 1.165) is 12.1 Å². The van der Waals surface area contributed by atoms with Crippen LogP contribution in [0.25, 0.3) is 0 Å². The van der Waals surface area contributed by atoms with Gasteiger partial charge in [-0.3, -0.25) is 0 Å². The summed E-state index contributed by atoms with van der Waals surface area (Å²) in [5.41, 5.74) is 0.624. The zero-order valence-corrected chi connectivity index (χ0v) is 18.9. The minimum atomic E-state index is -3.54. The molecule has 2 rings (SSSR count). The lowest BCUT2D eigenvalue weighted by Gasteiger charge is -2.27. The van der Waals surface area contributed by atoms with Crippen molar-refractivity contribution in [3.05, 3.63) is 59.9 Å². The van der Waals surface area contributed by atoms with Gasteiger partial charge in [-0.05, 0) is 47.9 Å². The Kier molecular flexibility index (Phi) is 8.35. The summed E-state index contributed by atoms with van der Waals surface area (Å²) in [6, 6.07) is 12.3. The van der Waals surface area contributed by atoms with E-state index in [9.17, 15) is 12.8 Å². The smallest absolute Gasteiger partial charge is 0.493 e. The van der Waals surface area contributed by atoms with Gasteiger partial charge in [0.1, 0.15) is 11.6 Å². The predicted octanol–water partition coefficient (Wildman–Crippen LogP) is 3.69. The first-order valence-electron chi connectivity index (χ1n) is 9.09. The SMILES string of the molecule is CO[Si](CC(C)COc1ccc(CS(=O)(=O)c2ccc(F)cc2)cc1)(OC)OC. The van der Waals surface area contributed by atoms with Crippen molar-refractivity contribution >= 4 is 18.6 Å². The number of halogens is 1. The van der Waals surface area contributed by atoms with Crippen LogP contribution in [0.3, 0.4) is 0 Å². The van der Waals surface area contributed by atoms with Crippen molar-refractivity contribution in [2.24, 2.45) is 5.92 Å². The summed E-state index contributed by atoms with van der Waals surface area (Å²) in [5, 5.41) is 0. The molecule has 0 aliphatic carbocycles. The first-order valence-corrected chi connectivity index (χ1v) is 12.7. The lowest BCUT2D eigenvalue weighted by atomic mass is 10.2. The molecule has 0 bridgehead atoms. The molecule has 0 aliphatic heterocycles. The van der Waals surface area contributed by atoms with Gasteiger partial charge in [-0.25, -0.2) is 12.8 Å². The van der Waals surface area contributed by atoms with Crippen LogP contribution in [0.4, 0.5) is 4.39 Å². The van der Waals surface area contributed by atoms with Gasteiger partial charge >= 0.3 is 8.80 Å². The van der Waals surface area contributed by atoms with Crippen molar-refractivity contribution in [2.45, 2.75) is 23.6 Å². The highest BCUT2D eigenvalue weighted by molar-refractivity contribution is 7.90. The van der Waals surface area contributed by atoms with Gasteiger partial charge in [-0.15, -0.1) is 0 Å². The van der Waals surface area contributed by atoms with Crippen molar-refractivity contribution in [3.8, 4) is 5.75 Å². The maximum atomic E-state index is 13.0. The van der Waals surface area contributed by atoms with E-state index in [1.165, 1.54) is 12.1 Å². The third-order valence-electron chi connectivity index (χ3n) is 4.52. The van der Waals surface area contributed by atoms with Crippen LogP contribution >= 0.6 is 0 Å². The molecule has 0 saturated heterocycles. The second-order valence-electron chi connectivity index (χ2n) is 6.77. The van der Waals surface area contributed by atoms with Gasteiger partial charge in [0.25, 0.3) is 0 Å². The molecule has 1 unspecified atom stereocenters. The van der Waals surface area contributed by atoms with E-state index in [1.807, 2.05) is 6.92 Å². The number of hydrogen-bond acceptors (Lipinski definition) is 6. The molecular formula is C20H27FO6SSi. The number of rotatable bonds is 11. The molecule has 0 heterocycles. The normalized spacial score (nSPS) is 13.3. The van der Waals surface area contributed by atoms with E-state index in [4.69, 9.17) is 18.0 Å². The largest absolute Gasteiger partial charge is 0.500 e. The highest BCUT2D eigenvalue weighted by Crippen LogP contribution is 2.22. The fourth-order valence-corrected chi connectivity index (χ4v) is 6.17. The standard InChI is InChI=1S/C20H27FO6SSi/c1-16(15-29(24-2,25-3)26-4)13-27-19-9-5-17(6-10-19)14-28(22,23)20-11-7-18(21)8-12-20/h5-12,16H,13-15H2,1-4H3. The third-order valence-corrected chi connectivity index (χ3v) is 9.29. The third kappa shape index (κ3) is 6.61. The van der Waals surface area contributed by atoms with E-state index in [2.05, 4.69) is 0 Å². The van der Waals surface area contributed by atoms with Gasteiger partial charge in [-0.1, -0.05) is 19.1 Å². The zero-order chi connectivity index (χ0) is 21.5. The molecular weight excluding hydrogens is 415 g/mol. The minimum Gasteiger partial charge on any atom is -0.493 e. The predicted molar refractivity (Wildman–Crippen MR) is 110 cm³/mol. The Labute approximate surface area is 172 Å². The molecule has 2 aromatic carbocycles. The lowest BCUT2D eigenvalue weighted by Crippen LogP contribution is -2.44. The molecule has 0 fully saturated rings. The maximum absolute atomic E-state index is 13.0. The highest BCUT2D eigenvalue weighted by atomic mass is 32.2. The van der Waals surface area contributed by atoms with Gasteiger partial charge in [0, 0.05) is 27.4 Å². The Morgan fingerprint density at radius 2 is 1.48 bits per heavy atom. The minimum absolute atomic E-state index is 0.0927. The molecule has 29 heavy (non-hydrogen) atoms. The summed E-state index contributed by atoms with van der Waals surface area (Å²) < 4.78 is 60.0. The molecule has 160 valence electrons. The highest BCUT2D eigenvalue weighted by Gasteiger charge is 2.39. The Morgan fingerprint density at radius 3 is 2.00 bits per heavy atom. The monoisotopic (exact) mass is 442 g/mol. The summed E-state index contributed by atoms with van der Waals surface area (Å²) in [6.45, 7) is 2.46. The second-order valence-corrected chi connectivity index (χ2v) is 11.8. The topological polar surface area (TPSA) is 71.1 Å². The van der Waals surface area contributed by atoms with Gasteiger partial charge < -0.3 is 18.0 Å². The molecule has 0 radical (unpaired) electrons. The van der Waals surface area contributed by atoms with Crippen LogP contribution in [0.2, 0.25) is 6.04 Å². The fraction of sp³-hybridized carbons (Fsp3) is 0.400. The Balaban J connectivity index is 1.94.